The summed E-state index contributed by atoms with van der Waals surface area (Å²) in [6, 6.07) is 18.5. The zero-order chi connectivity index (χ0) is 15.5. The highest BCUT2D eigenvalue weighted by atomic mass is 16.5. The van der Waals surface area contributed by atoms with Gasteiger partial charge in [-0.2, -0.15) is 0 Å². The Hall–Kier alpha value is -3.01. The van der Waals surface area contributed by atoms with Crippen LogP contribution in [0.25, 0.3) is 10.8 Å². The van der Waals surface area contributed by atoms with Crippen molar-refractivity contribution in [3.8, 4) is 5.75 Å². The van der Waals surface area contributed by atoms with Gasteiger partial charge in [0.15, 0.2) is 0 Å². The van der Waals surface area contributed by atoms with Crippen molar-refractivity contribution in [1.82, 2.24) is 0 Å². The number of hydrogen-bond donors (Lipinski definition) is 2. The van der Waals surface area contributed by atoms with E-state index in [-0.39, 0.29) is 17.9 Å². The number of nitrogen functional groups attached to an aromatic ring is 1. The van der Waals surface area contributed by atoms with Gasteiger partial charge in [0.05, 0.1) is 0 Å². The van der Waals surface area contributed by atoms with Crippen molar-refractivity contribution >= 4 is 22.4 Å². The molecule has 0 unspecified atom stereocenters. The zero-order valence-corrected chi connectivity index (χ0v) is 11.8. The third-order valence-electron chi connectivity index (χ3n) is 3.50. The van der Waals surface area contributed by atoms with Crippen LogP contribution in [0.1, 0.15) is 15.9 Å². The number of aromatic carboxylic acids is 1. The number of fused-ring (bicyclic) bond motifs is 1. The maximum absolute atomic E-state index is 11.2. The number of nitrogens with two attached hydrogens (primary N) is 1. The molecule has 3 aromatic carbocycles. The summed E-state index contributed by atoms with van der Waals surface area (Å²) >= 11 is 0. The number of carboxylic acids is 1. The van der Waals surface area contributed by atoms with Gasteiger partial charge in [0, 0.05) is 11.8 Å². The Balaban J connectivity index is 1.92. The highest BCUT2D eigenvalue weighted by molar-refractivity contribution is 5.91. The molecule has 3 rings (SSSR count). The molecule has 0 atom stereocenters. The van der Waals surface area contributed by atoms with E-state index in [9.17, 15) is 9.90 Å². The van der Waals surface area contributed by atoms with Crippen LogP contribution in [0, 0.1) is 0 Å². The molecule has 0 saturated heterocycles. The van der Waals surface area contributed by atoms with Gasteiger partial charge in [0.1, 0.15) is 17.9 Å². The quantitative estimate of drug-likeness (QED) is 0.719. The Bertz CT molecular complexity index is 837. The fraction of sp³-hybridized carbons (Fsp3) is 0.0556. The first-order valence-corrected chi connectivity index (χ1v) is 6.87. The Morgan fingerprint density at radius 2 is 1.82 bits per heavy atom. The van der Waals surface area contributed by atoms with Crippen LogP contribution in [0.15, 0.2) is 60.7 Å². The van der Waals surface area contributed by atoms with Crippen LogP contribution >= 0.6 is 0 Å². The SMILES string of the molecule is Nc1ccc(C(=O)O)c(OCc2cccc3ccccc23)c1. The van der Waals surface area contributed by atoms with Crippen LogP contribution in [0.4, 0.5) is 5.69 Å². The van der Waals surface area contributed by atoms with E-state index in [0.29, 0.717) is 5.69 Å². The predicted molar refractivity (Wildman–Crippen MR) is 86.1 cm³/mol. The highest BCUT2D eigenvalue weighted by Gasteiger charge is 2.12. The molecule has 0 aliphatic rings. The average molecular weight is 293 g/mol. The highest BCUT2D eigenvalue weighted by Crippen LogP contribution is 2.25. The van der Waals surface area contributed by atoms with E-state index in [1.807, 2.05) is 42.5 Å². The standard InChI is InChI=1S/C18H15NO3/c19-14-8-9-16(18(20)21)17(10-14)22-11-13-6-3-5-12-4-1-2-7-15(12)13/h1-10H,11,19H2,(H,20,21). The molecule has 3 N–H and O–H groups in total. The van der Waals surface area contributed by atoms with Gasteiger partial charge in [-0.3, -0.25) is 0 Å². The van der Waals surface area contributed by atoms with Crippen molar-refractivity contribution in [2.75, 3.05) is 5.73 Å². The minimum absolute atomic E-state index is 0.106. The zero-order valence-electron chi connectivity index (χ0n) is 11.8. The molecule has 0 radical (unpaired) electrons. The van der Waals surface area contributed by atoms with Crippen LogP contribution < -0.4 is 10.5 Å². The van der Waals surface area contributed by atoms with Crippen molar-refractivity contribution in [3.63, 3.8) is 0 Å². The van der Waals surface area contributed by atoms with Gasteiger partial charge in [0.25, 0.3) is 0 Å². The molecule has 110 valence electrons. The van der Waals surface area contributed by atoms with Crippen molar-refractivity contribution in [2.24, 2.45) is 0 Å². The third kappa shape index (κ3) is 2.72. The number of anilines is 1. The number of hydrogen-bond acceptors (Lipinski definition) is 3. The van der Waals surface area contributed by atoms with Gasteiger partial charge < -0.3 is 15.6 Å². The maximum atomic E-state index is 11.2. The van der Waals surface area contributed by atoms with Crippen LogP contribution in [-0.4, -0.2) is 11.1 Å². The Kier molecular flexibility index (Phi) is 3.66. The molecular formula is C18H15NO3. The lowest BCUT2D eigenvalue weighted by Gasteiger charge is -2.11. The molecule has 0 amide bonds. The molecule has 0 aliphatic carbocycles. The Morgan fingerprint density at radius 3 is 2.64 bits per heavy atom. The van der Waals surface area contributed by atoms with E-state index in [1.54, 1.807) is 6.07 Å². The van der Waals surface area contributed by atoms with E-state index < -0.39 is 5.97 Å². The second-order valence-electron chi connectivity index (χ2n) is 4.99. The summed E-state index contributed by atoms with van der Waals surface area (Å²) in [5, 5.41) is 11.4. The number of carboxylic acid groups (broad SMARTS) is 1. The molecule has 0 aliphatic heterocycles. The molecular weight excluding hydrogens is 278 g/mol. The van der Waals surface area contributed by atoms with Crippen LogP contribution in [-0.2, 0) is 6.61 Å². The molecule has 0 saturated carbocycles. The molecule has 0 aromatic heterocycles. The second kappa shape index (κ2) is 5.77. The van der Waals surface area contributed by atoms with Crippen molar-refractivity contribution in [3.05, 3.63) is 71.8 Å². The van der Waals surface area contributed by atoms with Crippen LogP contribution in [0.2, 0.25) is 0 Å². The molecule has 0 heterocycles. The Morgan fingerprint density at radius 1 is 1.05 bits per heavy atom. The molecule has 22 heavy (non-hydrogen) atoms. The first-order chi connectivity index (χ1) is 10.6. The van der Waals surface area contributed by atoms with E-state index in [1.165, 1.54) is 12.1 Å². The minimum atomic E-state index is -1.03. The molecule has 0 fully saturated rings. The van der Waals surface area contributed by atoms with Crippen LogP contribution in [0.5, 0.6) is 5.75 Å². The van der Waals surface area contributed by atoms with Crippen molar-refractivity contribution in [1.29, 1.82) is 0 Å². The van der Waals surface area contributed by atoms with Gasteiger partial charge in [-0.15, -0.1) is 0 Å². The molecule has 0 bridgehead atoms. The topological polar surface area (TPSA) is 72.6 Å². The average Bonchev–Trinajstić information content (AvgIpc) is 2.52. The number of benzene rings is 3. The first kappa shape index (κ1) is 13.9. The summed E-state index contributed by atoms with van der Waals surface area (Å²) in [6.45, 7) is 0.283. The lowest BCUT2D eigenvalue weighted by atomic mass is 10.1. The lowest BCUT2D eigenvalue weighted by molar-refractivity contribution is 0.0692. The van der Waals surface area contributed by atoms with E-state index in [4.69, 9.17) is 10.5 Å². The second-order valence-corrected chi connectivity index (χ2v) is 4.99. The summed E-state index contributed by atoms with van der Waals surface area (Å²) in [5.74, 6) is -0.756. The van der Waals surface area contributed by atoms with Crippen molar-refractivity contribution in [2.45, 2.75) is 6.61 Å². The smallest absolute Gasteiger partial charge is 0.339 e. The largest absolute Gasteiger partial charge is 0.488 e. The van der Waals surface area contributed by atoms with Gasteiger partial charge in [-0.25, -0.2) is 4.79 Å². The van der Waals surface area contributed by atoms with Crippen LogP contribution in [0.3, 0.4) is 0 Å². The maximum Gasteiger partial charge on any atom is 0.339 e. The molecule has 4 nitrogen and oxygen atoms in total. The predicted octanol–water partition coefficient (Wildman–Crippen LogP) is 3.70. The van der Waals surface area contributed by atoms with Crippen molar-refractivity contribution < 1.29 is 14.6 Å². The number of ether oxygens (including phenoxy) is 1. The fourth-order valence-electron chi connectivity index (χ4n) is 2.41. The Labute approximate surface area is 127 Å². The summed E-state index contributed by atoms with van der Waals surface area (Å²) in [7, 11) is 0. The summed E-state index contributed by atoms with van der Waals surface area (Å²) in [6.07, 6.45) is 0. The minimum Gasteiger partial charge on any atom is -0.488 e. The van der Waals surface area contributed by atoms with Gasteiger partial charge in [0.2, 0.25) is 0 Å². The molecule has 3 aromatic rings. The number of carbonyl (C=O) groups is 1. The first-order valence-electron chi connectivity index (χ1n) is 6.87. The summed E-state index contributed by atoms with van der Waals surface area (Å²) in [5.41, 5.74) is 7.29. The summed E-state index contributed by atoms with van der Waals surface area (Å²) in [4.78, 5) is 11.2. The van der Waals surface area contributed by atoms with E-state index in [2.05, 4.69) is 0 Å². The van der Waals surface area contributed by atoms with Gasteiger partial charge in [-0.05, 0) is 28.5 Å². The summed E-state index contributed by atoms with van der Waals surface area (Å²) < 4.78 is 5.71. The fourth-order valence-corrected chi connectivity index (χ4v) is 2.41. The molecule has 0 spiro atoms. The van der Waals surface area contributed by atoms with Gasteiger partial charge in [-0.1, -0.05) is 42.5 Å². The molecule has 4 heteroatoms. The number of rotatable bonds is 4. The monoisotopic (exact) mass is 293 g/mol. The van der Waals surface area contributed by atoms with Gasteiger partial charge >= 0.3 is 5.97 Å². The third-order valence-corrected chi connectivity index (χ3v) is 3.50. The normalized spacial score (nSPS) is 10.5. The lowest BCUT2D eigenvalue weighted by Crippen LogP contribution is -2.04. The van der Waals surface area contributed by atoms with E-state index >= 15 is 0 Å². The van der Waals surface area contributed by atoms with E-state index in [0.717, 1.165) is 16.3 Å².